The monoisotopic (exact) mass is 309 g/mol. The van der Waals surface area contributed by atoms with Gasteiger partial charge < -0.3 is 5.73 Å². The Balaban J connectivity index is 2.78. The first-order chi connectivity index (χ1) is 9.78. The summed E-state index contributed by atoms with van der Waals surface area (Å²) >= 11 is 0. The highest BCUT2D eigenvalue weighted by Gasteiger charge is 2.21. The van der Waals surface area contributed by atoms with Crippen LogP contribution < -0.4 is 5.73 Å². The van der Waals surface area contributed by atoms with E-state index in [0.29, 0.717) is 18.9 Å². The quantitative estimate of drug-likeness (QED) is 0.831. The molecule has 0 aromatic heterocycles. The summed E-state index contributed by atoms with van der Waals surface area (Å²) in [5.41, 5.74) is 6.75. The maximum atomic E-state index is 12.4. The van der Waals surface area contributed by atoms with E-state index in [9.17, 15) is 8.42 Å². The highest BCUT2D eigenvalue weighted by Crippen LogP contribution is 2.16. The van der Waals surface area contributed by atoms with Crippen LogP contribution in [0.2, 0.25) is 0 Å². The first-order valence-electron chi connectivity index (χ1n) is 6.97. The fourth-order valence-electron chi connectivity index (χ4n) is 1.83. The molecule has 1 aromatic carbocycles. The van der Waals surface area contributed by atoms with Gasteiger partial charge in [-0.1, -0.05) is 26.0 Å². The van der Waals surface area contributed by atoms with Crippen LogP contribution in [0.15, 0.2) is 29.2 Å². The van der Waals surface area contributed by atoms with Gasteiger partial charge in [-0.25, -0.2) is 12.7 Å². The van der Waals surface area contributed by atoms with Crippen LogP contribution in [0, 0.1) is 17.2 Å². The van der Waals surface area contributed by atoms with Crippen LogP contribution in [-0.4, -0.2) is 32.4 Å². The van der Waals surface area contributed by atoms with Gasteiger partial charge in [0.2, 0.25) is 10.0 Å². The normalized spacial score (nSPS) is 13.4. The molecular weight excluding hydrogens is 286 g/mol. The number of sulfonamides is 1. The van der Waals surface area contributed by atoms with Crippen molar-refractivity contribution in [3.63, 3.8) is 0 Å². The Labute approximate surface area is 127 Å². The molecule has 2 N–H and O–H groups in total. The van der Waals surface area contributed by atoms with Crippen molar-refractivity contribution in [3.05, 3.63) is 29.8 Å². The molecule has 0 bridgehead atoms. The van der Waals surface area contributed by atoms with Gasteiger partial charge in [-0.3, -0.25) is 0 Å². The molecule has 1 unspecified atom stereocenters. The van der Waals surface area contributed by atoms with Gasteiger partial charge in [-0.2, -0.15) is 5.26 Å². The first kappa shape index (κ1) is 17.6. The third-order valence-electron chi connectivity index (χ3n) is 3.55. The Morgan fingerprint density at radius 3 is 2.33 bits per heavy atom. The van der Waals surface area contributed by atoms with E-state index in [1.54, 1.807) is 31.3 Å². The standard InChI is InChI=1S/C15H23N3O2S/c1-12(2)15(17)9-11-18(3)21(19,20)14-6-4-13(5-7-14)8-10-16/h4-7,12,15H,8-9,11,17H2,1-3H3. The van der Waals surface area contributed by atoms with E-state index in [4.69, 9.17) is 11.0 Å². The van der Waals surface area contributed by atoms with Crippen LogP contribution in [0.1, 0.15) is 25.8 Å². The number of rotatable bonds is 7. The predicted molar refractivity (Wildman–Crippen MR) is 83.0 cm³/mol. The van der Waals surface area contributed by atoms with Gasteiger partial charge in [0.1, 0.15) is 0 Å². The molecule has 0 spiro atoms. The fourth-order valence-corrected chi connectivity index (χ4v) is 3.02. The van der Waals surface area contributed by atoms with Crippen LogP contribution in [0.4, 0.5) is 0 Å². The second-order valence-corrected chi connectivity index (χ2v) is 7.55. The molecule has 116 valence electrons. The summed E-state index contributed by atoms with van der Waals surface area (Å²) in [6.07, 6.45) is 0.902. The highest BCUT2D eigenvalue weighted by molar-refractivity contribution is 7.89. The zero-order valence-electron chi connectivity index (χ0n) is 12.8. The molecule has 0 aliphatic heterocycles. The summed E-state index contributed by atoms with van der Waals surface area (Å²) in [4.78, 5) is 0.241. The minimum absolute atomic E-state index is 0.0133. The fraction of sp³-hybridized carbons (Fsp3) is 0.533. The van der Waals surface area contributed by atoms with E-state index in [0.717, 1.165) is 5.56 Å². The molecule has 0 aliphatic rings. The maximum Gasteiger partial charge on any atom is 0.242 e. The topological polar surface area (TPSA) is 87.2 Å². The minimum Gasteiger partial charge on any atom is -0.327 e. The lowest BCUT2D eigenvalue weighted by molar-refractivity contribution is 0.397. The molecular formula is C15H23N3O2S. The van der Waals surface area contributed by atoms with E-state index in [2.05, 4.69) is 0 Å². The lowest BCUT2D eigenvalue weighted by atomic mass is 10.0. The molecule has 0 fully saturated rings. The van der Waals surface area contributed by atoms with Crippen molar-refractivity contribution in [2.75, 3.05) is 13.6 Å². The molecule has 0 radical (unpaired) electrons. The molecule has 1 rings (SSSR count). The Hall–Kier alpha value is -1.42. The molecule has 0 amide bonds. The summed E-state index contributed by atoms with van der Waals surface area (Å²) < 4.78 is 26.1. The molecule has 0 aliphatic carbocycles. The second-order valence-electron chi connectivity index (χ2n) is 5.50. The van der Waals surface area contributed by atoms with E-state index >= 15 is 0 Å². The molecule has 0 saturated heterocycles. The Morgan fingerprint density at radius 2 is 1.86 bits per heavy atom. The van der Waals surface area contributed by atoms with Crippen molar-refractivity contribution >= 4 is 10.0 Å². The summed E-state index contributed by atoms with van der Waals surface area (Å²) in [6, 6.07) is 8.45. The molecule has 0 heterocycles. The van der Waals surface area contributed by atoms with Crippen LogP contribution in [0.5, 0.6) is 0 Å². The molecule has 6 heteroatoms. The highest BCUT2D eigenvalue weighted by atomic mass is 32.2. The van der Waals surface area contributed by atoms with Gasteiger partial charge >= 0.3 is 0 Å². The third-order valence-corrected chi connectivity index (χ3v) is 5.42. The van der Waals surface area contributed by atoms with Gasteiger partial charge in [0.15, 0.2) is 0 Å². The number of nitriles is 1. The van der Waals surface area contributed by atoms with E-state index < -0.39 is 10.0 Å². The van der Waals surface area contributed by atoms with Crippen LogP contribution in [0.3, 0.4) is 0 Å². The second kappa shape index (κ2) is 7.55. The van der Waals surface area contributed by atoms with Gasteiger partial charge in [-0.15, -0.1) is 0 Å². The molecule has 1 aromatic rings. The van der Waals surface area contributed by atoms with Crippen molar-refractivity contribution in [3.8, 4) is 6.07 Å². The largest absolute Gasteiger partial charge is 0.327 e. The minimum atomic E-state index is -3.50. The number of nitrogens with two attached hydrogens (primary N) is 1. The molecule has 0 saturated carbocycles. The van der Waals surface area contributed by atoms with Crippen LogP contribution in [-0.2, 0) is 16.4 Å². The first-order valence-corrected chi connectivity index (χ1v) is 8.41. The van der Waals surface area contributed by atoms with Crippen molar-refractivity contribution < 1.29 is 8.42 Å². The predicted octanol–water partition coefficient (Wildman–Crippen LogP) is 1.75. The van der Waals surface area contributed by atoms with E-state index in [1.807, 2.05) is 19.9 Å². The van der Waals surface area contributed by atoms with Crippen LogP contribution >= 0.6 is 0 Å². The van der Waals surface area contributed by atoms with Crippen molar-refractivity contribution in [1.29, 1.82) is 5.26 Å². The van der Waals surface area contributed by atoms with E-state index in [1.165, 1.54) is 4.31 Å². The van der Waals surface area contributed by atoms with Gasteiger partial charge in [-0.05, 0) is 30.0 Å². The maximum absolute atomic E-state index is 12.4. The Kier molecular flexibility index (Phi) is 6.34. The third kappa shape index (κ3) is 4.81. The van der Waals surface area contributed by atoms with Crippen molar-refractivity contribution in [2.24, 2.45) is 11.7 Å². The molecule has 1 atom stereocenters. The number of nitrogens with zero attached hydrogens (tertiary/aromatic N) is 2. The lowest BCUT2D eigenvalue weighted by Crippen LogP contribution is -2.34. The Morgan fingerprint density at radius 1 is 1.29 bits per heavy atom. The zero-order chi connectivity index (χ0) is 16.0. The summed E-state index contributed by atoms with van der Waals surface area (Å²) in [7, 11) is -1.94. The average Bonchev–Trinajstić information content (AvgIpc) is 2.45. The van der Waals surface area contributed by atoms with Gasteiger partial charge in [0.25, 0.3) is 0 Å². The SMILES string of the molecule is CC(C)C(N)CCN(C)S(=O)(=O)c1ccc(CC#N)cc1. The van der Waals surface area contributed by atoms with E-state index in [-0.39, 0.29) is 17.4 Å². The Bertz CT molecular complexity index is 588. The zero-order valence-corrected chi connectivity index (χ0v) is 13.6. The van der Waals surface area contributed by atoms with Crippen molar-refractivity contribution in [2.45, 2.75) is 37.6 Å². The summed E-state index contributed by atoms with van der Waals surface area (Å²) in [5.74, 6) is 0.325. The van der Waals surface area contributed by atoms with Crippen molar-refractivity contribution in [1.82, 2.24) is 4.31 Å². The number of hydrogen-bond acceptors (Lipinski definition) is 4. The van der Waals surface area contributed by atoms with Gasteiger partial charge in [0, 0.05) is 19.6 Å². The molecule has 21 heavy (non-hydrogen) atoms. The lowest BCUT2D eigenvalue weighted by Gasteiger charge is -2.21. The smallest absolute Gasteiger partial charge is 0.242 e. The average molecular weight is 309 g/mol. The van der Waals surface area contributed by atoms with Crippen LogP contribution in [0.25, 0.3) is 0 Å². The number of benzene rings is 1. The molecule has 5 nitrogen and oxygen atoms in total. The summed E-state index contributed by atoms with van der Waals surface area (Å²) in [6.45, 7) is 4.43. The number of hydrogen-bond donors (Lipinski definition) is 1. The summed E-state index contributed by atoms with van der Waals surface area (Å²) in [5, 5.41) is 8.62. The van der Waals surface area contributed by atoms with Gasteiger partial charge in [0.05, 0.1) is 17.4 Å².